The Kier molecular flexibility index (Phi) is 7.11. The Hall–Kier alpha value is -1.99. The molecular formula is C18H18ClF3N2OS. The van der Waals surface area contributed by atoms with Gasteiger partial charge in [0.15, 0.2) is 5.11 Å². The molecule has 0 aliphatic carbocycles. The molecule has 26 heavy (non-hydrogen) atoms. The maximum Gasteiger partial charge on any atom is 0.417 e. The van der Waals surface area contributed by atoms with Crippen LogP contribution in [0.15, 0.2) is 42.5 Å². The number of alkyl halides is 3. The molecule has 2 aromatic carbocycles. The van der Waals surface area contributed by atoms with Crippen LogP contribution in [0.2, 0.25) is 5.02 Å². The second-order valence-corrected chi connectivity index (χ2v) is 6.18. The molecule has 0 spiro atoms. The van der Waals surface area contributed by atoms with Gasteiger partial charge in [0.2, 0.25) is 0 Å². The second kappa shape index (κ2) is 9.09. The number of ether oxygens (including phenoxy) is 1. The Bertz CT molecular complexity index is 768. The Morgan fingerprint density at radius 2 is 1.92 bits per heavy atom. The van der Waals surface area contributed by atoms with Crippen LogP contribution in [0.25, 0.3) is 0 Å². The van der Waals surface area contributed by atoms with Crippen LogP contribution in [-0.2, 0) is 12.6 Å². The van der Waals surface area contributed by atoms with Crippen molar-refractivity contribution in [3.63, 3.8) is 0 Å². The summed E-state index contributed by atoms with van der Waals surface area (Å²) in [6.45, 7) is 2.99. The molecule has 0 fully saturated rings. The van der Waals surface area contributed by atoms with Crippen LogP contribution in [0.5, 0.6) is 5.75 Å². The van der Waals surface area contributed by atoms with Crippen molar-refractivity contribution in [3.8, 4) is 5.75 Å². The third-order valence-electron chi connectivity index (χ3n) is 3.48. The van der Waals surface area contributed by atoms with E-state index in [2.05, 4.69) is 10.6 Å². The molecule has 8 heteroatoms. The standard InChI is InChI=1S/C18H18ClF3N2OS/c1-2-25-16-6-4-3-5-12(16)9-10-23-17(26)24-13-7-8-15(19)14(11-13)18(20,21)22/h3-8,11H,2,9-10H2,1H3,(H2,23,24,26). The lowest BCUT2D eigenvalue weighted by Crippen LogP contribution is -2.30. The summed E-state index contributed by atoms with van der Waals surface area (Å²) in [6.07, 6.45) is -3.86. The Labute approximate surface area is 160 Å². The monoisotopic (exact) mass is 402 g/mol. The first-order valence-corrected chi connectivity index (χ1v) is 8.72. The van der Waals surface area contributed by atoms with E-state index in [-0.39, 0.29) is 15.8 Å². The van der Waals surface area contributed by atoms with Gasteiger partial charge in [0.1, 0.15) is 5.75 Å². The van der Waals surface area contributed by atoms with E-state index < -0.39 is 11.7 Å². The zero-order valence-corrected chi connectivity index (χ0v) is 15.6. The minimum absolute atomic E-state index is 0.217. The van der Waals surface area contributed by atoms with Crippen LogP contribution in [0.4, 0.5) is 18.9 Å². The number of para-hydroxylation sites is 1. The van der Waals surface area contributed by atoms with Gasteiger partial charge in [-0.1, -0.05) is 29.8 Å². The molecule has 2 aromatic rings. The summed E-state index contributed by atoms with van der Waals surface area (Å²) in [5, 5.41) is 5.59. The number of thiocarbonyl (C=S) groups is 1. The van der Waals surface area contributed by atoms with Gasteiger partial charge < -0.3 is 15.4 Å². The van der Waals surface area contributed by atoms with Crippen molar-refractivity contribution < 1.29 is 17.9 Å². The van der Waals surface area contributed by atoms with Gasteiger partial charge in [-0.2, -0.15) is 13.2 Å². The molecule has 0 radical (unpaired) electrons. The molecule has 2 N–H and O–H groups in total. The van der Waals surface area contributed by atoms with Gasteiger partial charge in [-0.15, -0.1) is 0 Å². The first-order chi connectivity index (χ1) is 12.3. The Morgan fingerprint density at radius 3 is 2.62 bits per heavy atom. The third kappa shape index (κ3) is 5.78. The fourth-order valence-corrected chi connectivity index (χ4v) is 2.76. The number of anilines is 1. The molecule has 0 aliphatic rings. The zero-order valence-electron chi connectivity index (χ0n) is 14.0. The van der Waals surface area contributed by atoms with Gasteiger partial charge in [-0.25, -0.2) is 0 Å². The number of rotatable bonds is 6. The fourth-order valence-electron chi connectivity index (χ4n) is 2.31. The average Bonchev–Trinajstić information content (AvgIpc) is 2.57. The summed E-state index contributed by atoms with van der Waals surface area (Å²) in [4.78, 5) is 0. The summed E-state index contributed by atoms with van der Waals surface area (Å²) >= 11 is 10.7. The summed E-state index contributed by atoms with van der Waals surface area (Å²) in [5.41, 5.74) is 0.335. The van der Waals surface area contributed by atoms with Gasteiger partial charge in [0, 0.05) is 12.2 Å². The summed E-state index contributed by atoms with van der Waals surface area (Å²) in [7, 11) is 0. The molecule has 0 atom stereocenters. The quantitative estimate of drug-likeness (QED) is 0.643. The van der Waals surface area contributed by atoms with E-state index in [1.165, 1.54) is 12.1 Å². The minimum Gasteiger partial charge on any atom is -0.494 e. The lowest BCUT2D eigenvalue weighted by atomic mass is 10.1. The van der Waals surface area contributed by atoms with Crippen molar-refractivity contribution in [3.05, 3.63) is 58.6 Å². The molecule has 140 valence electrons. The van der Waals surface area contributed by atoms with Gasteiger partial charge in [-0.3, -0.25) is 0 Å². The van der Waals surface area contributed by atoms with Crippen LogP contribution in [0.1, 0.15) is 18.1 Å². The molecular weight excluding hydrogens is 385 g/mol. The lowest BCUT2D eigenvalue weighted by molar-refractivity contribution is -0.137. The maximum atomic E-state index is 12.9. The number of hydrogen-bond donors (Lipinski definition) is 2. The second-order valence-electron chi connectivity index (χ2n) is 5.36. The zero-order chi connectivity index (χ0) is 19.2. The highest BCUT2D eigenvalue weighted by Crippen LogP contribution is 2.36. The topological polar surface area (TPSA) is 33.3 Å². The van der Waals surface area contributed by atoms with Crippen LogP contribution in [-0.4, -0.2) is 18.3 Å². The van der Waals surface area contributed by atoms with Crippen molar-refractivity contribution in [1.82, 2.24) is 5.32 Å². The predicted molar refractivity (Wildman–Crippen MR) is 102 cm³/mol. The van der Waals surface area contributed by atoms with E-state index in [1.54, 1.807) is 0 Å². The van der Waals surface area contributed by atoms with Crippen LogP contribution in [0, 0.1) is 0 Å². The summed E-state index contributed by atoms with van der Waals surface area (Å²) in [6, 6.07) is 11.2. The highest BCUT2D eigenvalue weighted by molar-refractivity contribution is 7.80. The smallest absolute Gasteiger partial charge is 0.417 e. The normalized spacial score (nSPS) is 11.1. The molecule has 0 aromatic heterocycles. The van der Waals surface area contributed by atoms with E-state index in [9.17, 15) is 13.2 Å². The maximum absolute atomic E-state index is 12.9. The van der Waals surface area contributed by atoms with E-state index in [1.807, 2.05) is 31.2 Å². The van der Waals surface area contributed by atoms with Crippen LogP contribution < -0.4 is 15.4 Å². The molecule has 2 rings (SSSR count). The first kappa shape index (κ1) is 20.3. The van der Waals surface area contributed by atoms with Crippen molar-refractivity contribution in [1.29, 1.82) is 0 Å². The third-order valence-corrected chi connectivity index (χ3v) is 4.06. The number of halogens is 4. The van der Waals surface area contributed by atoms with Crippen molar-refractivity contribution in [2.45, 2.75) is 19.5 Å². The van der Waals surface area contributed by atoms with Gasteiger partial charge in [-0.05, 0) is 55.4 Å². The van der Waals surface area contributed by atoms with E-state index in [0.717, 1.165) is 17.4 Å². The molecule has 0 aliphatic heterocycles. The van der Waals surface area contributed by atoms with Gasteiger partial charge in [0.25, 0.3) is 0 Å². The van der Waals surface area contributed by atoms with Crippen LogP contribution >= 0.6 is 23.8 Å². The Balaban J connectivity index is 1.92. The molecule has 3 nitrogen and oxygen atoms in total. The highest BCUT2D eigenvalue weighted by atomic mass is 35.5. The van der Waals surface area contributed by atoms with E-state index in [4.69, 9.17) is 28.6 Å². The SMILES string of the molecule is CCOc1ccccc1CCNC(=S)Nc1ccc(Cl)c(C(F)(F)F)c1. The van der Waals surface area contributed by atoms with Crippen molar-refractivity contribution >= 4 is 34.6 Å². The predicted octanol–water partition coefficient (Wildman–Crippen LogP) is 5.29. The highest BCUT2D eigenvalue weighted by Gasteiger charge is 2.33. The fraction of sp³-hybridized carbons (Fsp3) is 0.278. The minimum atomic E-state index is -4.52. The molecule has 0 saturated heterocycles. The molecule has 0 bridgehead atoms. The lowest BCUT2D eigenvalue weighted by Gasteiger charge is -2.14. The van der Waals surface area contributed by atoms with E-state index >= 15 is 0 Å². The van der Waals surface area contributed by atoms with E-state index in [0.29, 0.717) is 19.6 Å². The van der Waals surface area contributed by atoms with Crippen LogP contribution in [0.3, 0.4) is 0 Å². The number of nitrogens with one attached hydrogen (secondary N) is 2. The molecule has 0 heterocycles. The summed E-state index contributed by atoms with van der Waals surface area (Å²) < 4.78 is 44.2. The van der Waals surface area contributed by atoms with Gasteiger partial charge in [0.05, 0.1) is 17.2 Å². The Morgan fingerprint density at radius 1 is 1.19 bits per heavy atom. The largest absolute Gasteiger partial charge is 0.494 e. The number of benzene rings is 2. The van der Waals surface area contributed by atoms with Crippen molar-refractivity contribution in [2.24, 2.45) is 0 Å². The summed E-state index contributed by atoms with van der Waals surface area (Å²) in [5.74, 6) is 0.809. The first-order valence-electron chi connectivity index (χ1n) is 7.93. The molecule has 0 amide bonds. The molecule has 0 saturated carbocycles. The van der Waals surface area contributed by atoms with Crippen molar-refractivity contribution in [2.75, 3.05) is 18.5 Å². The average molecular weight is 403 g/mol. The molecule has 0 unspecified atom stereocenters. The van der Waals surface area contributed by atoms with Gasteiger partial charge >= 0.3 is 6.18 Å². The number of hydrogen-bond acceptors (Lipinski definition) is 2.